The molecule has 2 aliphatic rings. The van der Waals surface area contributed by atoms with Crippen molar-refractivity contribution in [3.05, 3.63) is 24.4 Å². The number of nitrogens with one attached hydrogen (secondary N) is 1. The van der Waals surface area contributed by atoms with Gasteiger partial charge in [-0.2, -0.15) is 0 Å². The maximum absolute atomic E-state index is 12.8. The van der Waals surface area contributed by atoms with Gasteiger partial charge in [0, 0.05) is 32.4 Å². The van der Waals surface area contributed by atoms with Crippen LogP contribution in [-0.2, 0) is 4.79 Å². The van der Waals surface area contributed by atoms with Gasteiger partial charge in [0.25, 0.3) is 5.91 Å². The molecule has 3 amide bonds. The number of hydrogen-bond donors (Lipinski definition) is 1. The predicted molar refractivity (Wildman–Crippen MR) is 101 cm³/mol. The van der Waals surface area contributed by atoms with E-state index >= 15 is 0 Å². The molecule has 0 unspecified atom stereocenters. The van der Waals surface area contributed by atoms with E-state index in [4.69, 9.17) is 0 Å². The van der Waals surface area contributed by atoms with Crippen molar-refractivity contribution >= 4 is 17.8 Å². The number of rotatable bonds is 6. The Kier molecular flexibility index (Phi) is 5.46. The van der Waals surface area contributed by atoms with Gasteiger partial charge in [-0.1, -0.05) is 19.9 Å². The lowest BCUT2D eigenvalue weighted by Crippen LogP contribution is -2.52. The van der Waals surface area contributed by atoms with E-state index in [9.17, 15) is 9.59 Å². The van der Waals surface area contributed by atoms with Gasteiger partial charge in [-0.3, -0.25) is 9.69 Å². The molecule has 7 heteroatoms. The topological polar surface area (TPSA) is 68.8 Å². The van der Waals surface area contributed by atoms with Crippen LogP contribution < -0.4 is 10.2 Å². The second-order valence-electron chi connectivity index (χ2n) is 7.86. The number of urea groups is 1. The van der Waals surface area contributed by atoms with Crippen LogP contribution in [0.3, 0.4) is 0 Å². The summed E-state index contributed by atoms with van der Waals surface area (Å²) in [5.41, 5.74) is -0.767. The minimum absolute atomic E-state index is 0.102. The molecule has 3 rings (SSSR count). The minimum atomic E-state index is -0.767. The number of hydrogen-bond acceptors (Lipinski definition) is 5. The molecule has 0 spiro atoms. The zero-order chi connectivity index (χ0) is 18.7. The van der Waals surface area contributed by atoms with Crippen molar-refractivity contribution in [1.82, 2.24) is 20.1 Å². The molecule has 1 N–H and O–H groups in total. The molecule has 2 fully saturated rings. The van der Waals surface area contributed by atoms with Gasteiger partial charge < -0.3 is 10.2 Å². The molecule has 3 heterocycles. The molecule has 7 nitrogen and oxygen atoms in total. The van der Waals surface area contributed by atoms with E-state index in [0.29, 0.717) is 19.0 Å². The SMILES string of the molecule is CC(C)CC[C@]1(C)NC(=O)N(CN2CCN(c3ccccn3)CC2)C1=O. The second-order valence-corrected chi connectivity index (χ2v) is 7.86. The van der Waals surface area contributed by atoms with E-state index in [0.717, 1.165) is 38.4 Å². The number of carbonyl (C=O) groups is 2. The van der Waals surface area contributed by atoms with Gasteiger partial charge in [0.15, 0.2) is 0 Å². The van der Waals surface area contributed by atoms with Gasteiger partial charge in [-0.15, -0.1) is 0 Å². The molecular formula is C19H29N5O2. The van der Waals surface area contributed by atoms with Crippen LogP contribution in [0.2, 0.25) is 0 Å². The van der Waals surface area contributed by atoms with E-state index in [2.05, 4.69) is 33.9 Å². The fourth-order valence-electron chi connectivity index (χ4n) is 3.48. The summed E-state index contributed by atoms with van der Waals surface area (Å²) in [4.78, 5) is 35.3. The van der Waals surface area contributed by atoms with Crippen molar-refractivity contribution in [3.63, 3.8) is 0 Å². The van der Waals surface area contributed by atoms with Crippen LogP contribution in [0, 0.1) is 5.92 Å². The lowest BCUT2D eigenvalue weighted by Gasteiger charge is -2.36. The lowest BCUT2D eigenvalue weighted by atomic mass is 9.92. The molecule has 1 atom stereocenters. The summed E-state index contributed by atoms with van der Waals surface area (Å²) in [6.45, 7) is 9.74. The normalized spacial score (nSPS) is 24.5. The number of nitrogens with zero attached hydrogens (tertiary/aromatic N) is 4. The summed E-state index contributed by atoms with van der Waals surface area (Å²) >= 11 is 0. The van der Waals surface area contributed by atoms with Gasteiger partial charge in [0.1, 0.15) is 11.4 Å². The molecule has 0 radical (unpaired) electrons. The molecule has 142 valence electrons. The summed E-state index contributed by atoms with van der Waals surface area (Å²) in [7, 11) is 0. The van der Waals surface area contributed by atoms with Gasteiger partial charge in [0.2, 0.25) is 0 Å². The maximum atomic E-state index is 12.8. The Morgan fingerprint density at radius 2 is 1.92 bits per heavy atom. The first-order valence-electron chi connectivity index (χ1n) is 9.41. The molecular weight excluding hydrogens is 330 g/mol. The van der Waals surface area contributed by atoms with Crippen molar-refractivity contribution in [2.75, 3.05) is 37.7 Å². The van der Waals surface area contributed by atoms with Crippen LogP contribution in [-0.4, -0.2) is 65.1 Å². The summed E-state index contributed by atoms with van der Waals surface area (Å²) in [6.07, 6.45) is 3.39. The van der Waals surface area contributed by atoms with Gasteiger partial charge in [-0.25, -0.2) is 14.7 Å². The van der Waals surface area contributed by atoms with Crippen molar-refractivity contribution < 1.29 is 9.59 Å². The number of anilines is 1. The third kappa shape index (κ3) is 3.98. The van der Waals surface area contributed by atoms with Crippen LogP contribution in [0.1, 0.15) is 33.6 Å². The maximum Gasteiger partial charge on any atom is 0.326 e. The van der Waals surface area contributed by atoms with Crippen LogP contribution in [0.4, 0.5) is 10.6 Å². The first-order chi connectivity index (χ1) is 12.4. The number of carbonyl (C=O) groups excluding carboxylic acids is 2. The molecule has 0 aromatic carbocycles. The molecule has 0 saturated carbocycles. The first-order valence-corrected chi connectivity index (χ1v) is 9.41. The highest BCUT2D eigenvalue weighted by Gasteiger charge is 2.47. The Morgan fingerprint density at radius 1 is 1.19 bits per heavy atom. The summed E-state index contributed by atoms with van der Waals surface area (Å²) in [5, 5.41) is 2.90. The fourth-order valence-corrected chi connectivity index (χ4v) is 3.48. The average Bonchev–Trinajstić information content (AvgIpc) is 2.85. The third-order valence-electron chi connectivity index (χ3n) is 5.25. The molecule has 2 saturated heterocycles. The Morgan fingerprint density at radius 3 is 2.54 bits per heavy atom. The fraction of sp³-hybridized carbons (Fsp3) is 0.632. The first kappa shape index (κ1) is 18.6. The summed E-state index contributed by atoms with van der Waals surface area (Å²) in [6, 6.07) is 5.63. The van der Waals surface area contributed by atoms with Crippen molar-refractivity contribution in [2.45, 2.75) is 39.2 Å². The van der Waals surface area contributed by atoms with Crippen molar-refractivity contribution in [2.24, 2.45) is 5.92 Å². The Bertz CT molecular complexity index is 643. The third-order valence-corrected chi connectivity index (χ3v) is 5.25. The largest absolute Gasteiger partial charge is 0.354 e. The smallest absolute Gasteiger partial charge is 0.326 e. The van der Waals surface area contributed by atoms with Crippen LogP contribution in [0.25, 0.3) is 0 Å². The van der Waals surface area contributed by atoms with Crippen molar-refractivity contribution in [1.29, 1.82) is 0 Å². The highest BCUT2D eigenvalue weighted by molar-refractivity contribution is 6.06. The number of imide groups is 1. The quantitative estimate of drug-likeness (QED) is 0.786. The number of aromatic nitrogens is 1. The second kappa shape index (κ2) is 7.61. The minimum Gasteiger partial charge on any atom is -0.354 e. The standard InChI is InChI=1S/C19H29N5O2/c1-15(2)7-8-19(3)17(25)24(18(26)21-19)14-22-10-12-23(13-11-22)16-6-4-5-9-20-16/h4-6,9,15H,7-8,10-14H2,1-3H3,(H,21,26)/t19-/m0/s1. The van der Waals surface area contributed by atoms with E-state index in [1.807, 2.05) is 25.1 Å². The molecule has 26 heavy (non-hydrogen) atoms. The molecule has 2 aliphatic heterocycles. The predicted octanol–water partition coefficient (Wildman–Crippen LogP) is 1.91. The van der Waals surface area contributed by atoms with Crippen LogP contribution in [0.15, 0.2) is 24.4 Å². The molecule has 0 aliphatic carbocycles. The molecule has 1 aromatic heterocycles. The van der Waals surface area contributed by atoms with E-state index < -0.39 is 5.54 Å². The van der Waals surface area contributed by atoms with E-state index in [1.165, 1.54) is 4.90 Å². The summed E-state index contributed by atoms with van der Waals surface area (Å²) in [5.74, 6) is 1.38. The lowest BCUT2D eigenvalue weighted by molar-refractivity contribution is -0.132. The number of pyridine rings is 1. The Hall–Kier alpha value is -2.15. The van der Waals surface area contributed by atoms with E-state index in [1.54, 1.807) is 6.20 Å². The van der Waals surface area contributed by atoms with Crippen LogP contribution >= 0.6 is 0 Å². The monoisotopic (exact) mass is 359 g/mol. The highest BCUT2D eigenvalue weighted by atomic mass is 16.2. The Labute approximate surface area is 155 Å². The zero-order valence-electron chi connectivity index (χ0n) is 15.9. The van der Waals surface area contributed by atoms with Gasteiger partial charge in [-0.05, 0) is 37.8 Å². The molecule has 0 bridgehead atoms. The zero-order valence-corrected chi connectivity index (χ0v) is 15.9. The highest BCUT2D eigenvalue weighted by Crippen LogP contribution is 2.25. The van der Waals surface area contributed by atoms with Crippen LogP contribution in [0.5, 0.6) is 0 Å². The van der Waals surface area contributed by atoms with Crippen molar-refractivity contribution in [3.8, 4) is 0 Å². The van der Waals surface area contributed by atoms with Gasteiger partial charge in [0.05, 0.1) is 6.67 Å². The number of piperazine rings is 1. The van der Waals surface area contributed by atoms with Gasteiger partial charge >= 0.3 is 6.03 Å². The number of amides is 3. The Balaban J connectivity index is 1.55. The summed E-state index contributed by atoms with van der Waals surface area (Å²) < 4.78 is 0. The average molecular weight is 359 g/mol. The molecule has 1 aromatic rings. The van der Waals surface area contributed by atoms with E-state index in [-0.39, 0.29) is 11.9 Å².